The Balaban J connectivity index is 1.94. The summed E-state index contributed by atoms with van der Waals surface area (Å²) in [4.78, 5) is 22.5. The van der Waals surface area contributed by atoms with Crippen LogP contribution in [0, 0.1) is 5.92 Å². The van der Waals surface area contributed by atoms with Crippen molar-refractivity contribution >= 4 is 18.0 Å². The van der Waals surface area contributed by atoms with Gasteiger partial charge < -0.3 is 10.4 Å². The summed E-state index contributed by atoms with van der Waals surface area (Å²) in [7, 11) is 0. The van der Waals surface area contributed by atoms with Gasteiger partial charge in [0.25, 0.3) is 0 Å². The zero-order valence-corrected chi connectivity index (χ0v) is 12.2. The van der Waals surface area contributed by atoms with Crippen LogP contribution in [0.25, 0.3) is 6.08 Å². The molecule has 1 fully saturated rings. The van der Waals surface area contributed by atoms with E-state index in [0.717, 1.165) is 42.9 Å². The van der Waals surface area contributed by atoms with E-state index in [1.165, 1.54) is 0 Å². The van der Waals surface area contributed by atoms with Gasteiger partial charge in [-0.2, -0.15) is 0 Å². The predicted molar refractivity (Wildman–Crippen MR) is 81.6 cm³/mol. The molecule has 1 aromatic rings. The smallest absolute Gasteiger partial charge is 0.328 e. The maximum Gasteiger partial charge on any atom is 0.328 e. The van der Waals surface area contributed by atoms with E-state index in [2.05, 4.69) is 5.32 Å². The molecule has 1 unspecified atom stereocenters. The van der Waals surface area contributed by atoms with Gasteiger partial charge in [-0.15, -0.1) is 0 Å². The van der Waals surface area contributed by atoms with Crippen molar-refractivity contribution in [3.63, 3.8) is 0 Å². The third kappa shape index (κ3) is 4.45. The zero-order valence-electron chi connectivity index (χ0n) is 12.2. The first-order valence-electron chi connectivity index (χ1n) is 7.37. The van der Waals surface area contributed by atoms with Crippen LogP contribution in [0.15, 0.2) is 30.3 Å². The summed E-state index contributed by atoms with van der Waals surface area (Å²) in [5.74, 6) is -0.642. The molecular formula is C17H21NO3. The molecule has 2 rings (SSSR count). The average Bonchev–Trinajstić information content (AvgIpc) is 3.00. The van der Waals surface area contributed by atoms with Gasteiger partial charge in [-0.05, 0) is 37.0 Å². The molecule has 1 amide bonds. The van der Waals surface area contributed by atoms with Gasteiger partial charge in [0.1, 0.15) is 0 Å². The number of hydrogen-bond acceptors (Lipinski definition) is 2. The van der Waals surface area contributed by atoms with Gasteiger partial charge in [0, 0.05) is 12.0 Å². The first-order valence-corrected chi connectivity index (χ1v) is 7.37. The number of nitrogens with one attached hydrogen (secondary N) is 1. The second kappa shape index (κ2) is 7.07. The minimum Gasteiger partial charge on any atom is -0.478 e. The molecule has 1 saturated carbocycles. The molecule has 0 spiro atoms. The number of carboxylic acid groups (broad SMARTS) is 1. The Bertz CT molecular complexity index is 527. The van der Waals surface area contributed by atoms with Crippen molar-refractivity contribution in [3.05, 3.63) is 41.5 Å². The Kier molecular flexibility index (Phi) is 5.14. The fraction of sp³-hybridized carbons (Fsp3) is 0.412. The van der Waals surface area contributed by atoms with Crippen molar-refractivity contribution in [3.8, 4) is 0 Å². The lowest BCUT2D eigenvalue weighted by Crippen LogP contribution is -2.31. The highest BCUT2D eigenvalue weighted by Gasteiger charge is 2.23. The third-order valence-electron chi connectivity index (χ3n) is 3.94. The lowest BCUT2D eigenvalue weighted by atomic mass is 10.0. The number of carboxylic acids is 1. The quantitative estimate of drug-likeness (QED) is 0.817. The molecule has 4 nitrogen and oxygen atoms in total. The van der Waals surface area contributed by atoms with Gasteiger partial charge in [-0.1, -0.05) is 37.1 Å². The van der Waals surface area contributed by atoms with E-state index in [1.54, 1.807) is 6.08 Å². The van der Waals surface area contributed by atoms with E-state index < -0.39 is 5.97 Å². The Morgan fingerprint density at radius 3 is 2.43 bits per heavy atom. The van der Waals surface area contributed by atoms with Crippen LogP contribution in [-0.2, 0) is 9.59 Å². The van der Waals surface area contributed by atoms with Crippen LogP contribution in [0.2, 0.25) is 0 Å². The van der Waals surface area contributed by atoms with Gasteiger partial charge in [0.15, 0.2) is 0 Å². The van der Waals surface area contributed by atoms with Crippen molar-refractivity contribution in [2.45, 2.75) is 38.6 Å². The Morgan fingerprint density at radius 2 is 1.86 bits per heavy atom. The second-order valence-electron chi connectivity index (χ2n) is 5.55. The molecule has 2 N–H and O–H groups in total. The number of rotatable bonds is 5. The highest BCUT2D eigenvalue weighted by atomic mass is 16.4. The monoisotopic (exact) mass is 287 g/mol. The molecule has 0 aliphatic heterocycles. The number of carbonyl (C=O) groups excluding carboxylic acids is 1. The lowest BCUT2D eigenvalue weighted by molar-refractivity contribution is -0.131. The largest absolute Gasteiger partial charge is 0.478 e. The molecule has 1 aliphatic rings. The first kappa shape index (κ1) is 15.3. The number of hydrogen-bond donors (Lipinski definition) is 2. The highest BCUT2D eigenvalue weighted by Crippen LogP contribution is 2.25. The van der Waals surface area contributed by atoms with Crippen LogP contribution >= 0.6 is 0 Å². The predicted octanol–water partition coefficient (Wildman–Crippen LogP) is 3.15. The molecule has 1 atom stereocenters. The highest BCUT2D eigenvalue weighted by molar-refractivity contribution is 5.85. The van der Waals surface area contributed by atoms with Gasteiger partial charge in [-0.25, -0.2) is 4.79 Å². The van der Waals surface area contributed by atoms with Crippen molar-refractivity contribution in [1.82, 2.24) is 5.32 Å². The van der Waals surface area contributed by atoms with Crippen molar-refractivity contribution < 1.29 is 14.7 Å². The Hall–Kier alpha value is -2.10. The molecule has 0 heterocycles. The summed E-state index contributed by atoms with van der Waals surface area (Å²) >= 11 is 0. The van der Waals surface area contributed by atoms with Gasteiger partial charge in [0.05, 0.1) is 6.04 Å². The Morgan fingerprint density at radius 1 is 1.24 bits per heavy atom. The van der Waals surface area contributed by atoms with Crippen LogP contribution in [0.5, 0.6) is 0 Å². The van der Waals surface area contributed by atoms with Crippen LogP contribution in [0.4, 0.5) is 0 Å². The van der Waals surface area contributed by atoms with E-state index in [0.29, 0.717) is 0 Å². The number of benzene rings is 1. The molecule has 0 bridgehead atoms. The van der Waals surface area contributed by atoms with Crippen molar-refractivity contribution in [2.24, 2.45) is 5.92 Å². The van der Waals surface area contributed by atoms with E-state index in [1.807, 2.05) is 31.2 Å². The zero-order chi connectivity index (χ0) is 15.2. The Labute approximate surface area is 124 Å². The van der Waals surface area contributed by atoms with Crippen LogP contribution < -0.4 is 5.32 Å². The van der Waals surface area contributed by atoms with E-state index in [4.69, 9.17) is 5.11 Å². The lowest BCUT2D eigenvalue weighted by Gasteiger charge is -2.17. The molecule has 112 valence electrons. The average molecular weight is 287 g/mol. The summed E-state index contributed by atoms with van der Waals surface area (Å²) in [6.07, 6.45) is 6.96. The normalized spacial score (nSPS) is 17.0. The first-order chi connectivity index (χ1) is 10.1. The summed E-state index contributed by atoms with van der Waals surface area (Å²) in [5, 5.41) is 11.6. The van der Waals surface area contributed by atoms with Crippen LogP contribution in [0.3, 0.4) is 0 Å². The summed E-state index contributed by atoms with van der Waals surface area (Å²) in [6, 6.07) is 7.51. The van der Waals surface area contributed by atoms with Gasteiger partial charge >= 0.3 is 5.97 Å². The standard InChI is InChI=1S/C17H21NO3/c1-12(18-17(21)15-4-2-3-5-15)14-9-6-13(7-10-14)8-11-16(19)20/h6-12,15H,2-5H2,1H3,(H,18,21)(H,19,20). The third-order valence-corrected chi connectivity index (χ3v) is 3.94. The van der Waals surface area contributed by atoms with E-state index in [-0.39, 0.29) is 17.9 Å². The van der Waals surface area contributed by atoms with Crippen molar-refractivity contribution in [1.29, 1.82) is 0 Å². The molecular weight excluding hydrogens is 266 g/mol. The molecule has 21 heavy (non-hydrogen) atoms. The SMILES string of the molecule is CC(NC(=O)C1CCCC1)c1ccc(C=CC(=O)O)cc1. The molecule has 0 saturated heterocycles. The molecule has 1 aromatic carbocycles. The molecule has 0 aromatic heterocycles. The number of carbonyl (C=O) groups is 2. The number of amides is 1. The second-order valence-corrected chi connectivity index (χ2v) is 5.55. The van der Waals surface area contributed by atoms with Crippen LogP contribution in [0.1, 0.15) is 49.8 Å². The minimum atomic E-state index is -0.962. The fourth-order valence-electron chi connectivity index (χ4n) is 2.67. The molecule has 1 aliphatic carbocycles. The molecule has 0 radical (unpaired) electrons. The summed E-state index contributed by atoms with van der Waals surface area (Å²) < 4.78 is 0. The summed E-state index contributed by atoms with van der Waals surface area (Å²) in [6.45, 7) is 1.97. The fourth-order valence-corrected chi connectivity index (χ4v) is 2.67. The maximum atomic E-state index is 12.1. The van der Waals surface area contributed by atoms with Gasteiger partial charge in [0.2, 0.25) is 5.91 Å². The number of aliphatic carboxylic acids is 1. The van der Waals surface area contributed by atoms with Crippen molar-refractivity contribution in [2.75, 3.05) is 0 Å². The van der Waals surface area contributed by atoms with E-state index in [9.17, 15) is 9.59 Å². The molecule has 4 heteroatoms. The minimum absolute atomic E-state index is 0.0318. The summed E-state index contributed by atoms with van der Waals surface area (Å²) in [5.41, 5.74) is 1.85. The van der Waals surface area contributed by atoms with Gasteiger partial charge in [-0.3, -0.25) is 4.79 Å². The maximum absolute atomic E-state index is 12.1. The van der Waals surface area contributed by atoms with Crippen LogP contribution in [-0.4, -0.2) is 17.0 Å². The van der Waals surface area contributed by atoms with E-state index >= 15 is 0 Å². The topological polar surface area (TPSA) is 66.4 Å².